The molecule has 2 rings (SSSR count). The standard InChI is InChI=1S/C10H12N4O3S/c1-6-4-8(15)14-10(12-6)18-7(13-14)5-11-3-2-9(16)17/h4,11H,2-3,5H2,1H3,(H,16,17). The maximum Gasteiger partial charge on any atom is 0.304 e. The van der Waals surface area contributed by atoms with E-state index in [1.807, 2.05) is 0 Å². The normalized spacial score (nSPS) is 10.9. The monoisotopic (exact) mass is 268 g/mol. The summed E-state index contributed by atoms with van der Waals surface area (Å²) < 4.78 is 1.26. The van der Waals surface area contributed by atoms with Gasteiger partial charge in [0.15, 0.2) is 0 Å². The quantitative estimate of drug-likeness (QED) is 0.742. The fourth-order valence-electron chi connectivity index (χ4n) is 1.42. The van der Waals surface area contributed by atoms with Crippen molar-refractivity contribution >= 4 is 22.3 Å². The molecular formula is C10H12N4O3S. The summed E-state index contributed by atoms with van der Waals surface area (Å²) in [5, 5.41) is 16.3. The van der Waals surface area contributed by atoms with Crippen LogP contribution in [0.25, 0.3) is 4.96 Å². The van der Waals surface area contributed by atoms with Crippen LogP contribution in [0.5, 0.6) is 0 Å². The molecule has 2 aromatic rings. The predicted molar refractivity (Wildman–Crippen MR) is 65.8 cm³/mol. The van der Waals surface area contributed by atoms with Crippen molar-refractivity contribution in [2.75, 3.05) is 6.54 Å². The maximum atomic E-state index is 11.6. The molecule has 0 atom stereocenters. The number of rotatable bonds is 5. The molecule has 7 nitrogen and oxygen atoms in total. The molecular weight excluding hydrogens is 256 g/mol. The number of hydrogen-bond acceptors (Lipinski definition) is 6. The molecule has 0 saturated heterocycles. The van der Waals surface area contributed by atoms with Crippen molar-refractivity contribution in [2.45, 2.75) is 19.9 Å². The summed E-state index contributed by atoms with van der Waals surface area (Å²) >= 11 is 1.32. The van der Waals surface area contributed by atoms with Gasteiger partial charge in [0.25, 0.3) is 5.56 Å². The molecule has 0 bridgehead atoms. The molecule has 0 fully saturated rings. The minimum Gasteiger partial charge on any atom is -0.481 e. The van der Waals surface area contributed by atoms with Crippen molar-refractivity contribution in [3.8, 4) is 0 Å². The van der Waals surface area contributed by atoms with Gasteiger partial charge in [0.1, 0.15) is 5.01 Å². The summed E-state index contributed by atoms with van der Waals surface area (Å²) in [7, 11) is 0. The summed E-state index contributed by atoms with van der Waals surface area (Å²) in [6.07, 6.45) is 0.0577. The fourth-order valence-corrected chi connectivity index (χ4v) is 2.34. The largest absolute Gasteiger partial charge is 0.481 e. The molecule has 2 N–H and O–H groups in total. The molecule has 0 aliphatic rings. The highest BCUT2D eigenvalue weighted by Gasteiger charge is 2.07. The summed E-state index contributed by atoms with van der Waals surface area (Å²) in [4.78, 5) is 26.7. The predicted octanol–water partition coefficient (Wildman–Crippen LogP) is 0.0237. The van der Waals surface area contributed by atoms with Crippen LogP contribution in [0, 0.1) is 6.92 Å². The van der Waals surface area contributed by atoms with Gasteiger partial charge in [-0.3, -0.25) is 9.59 Å². The van der Waals surface area contributed by atoms with Gasteiger partial charge in [-0.25, -0.2) is 4.98 Å². The molecule has 0 aliphatic carbocycles. The van der Waals surface area contributed by atoms with Crippen molar-refractivity contribution in [3.63, 3.8) is 0 Å². The third-order valence-corrected chi connectivity index (χ3v) is 3.12. The van der Waals surface area contributed by atoms with Crippen molar-refractivity contribution in [3.05, 3.63) is 27.1 Å². The average molecular weight is 268 g/mol. The van der Waals surface area contributed by atoms with Crippen LogP contribution in [-0.2, 0) is 11.3 Å². The van der Waals surface area contributed by atoms with Gasteiger partial charge in [-0.15, -0.1) is 0 Å². The first kappa shape index (κ1) is 12.7. The number of hydrogen-bond donors (Lipinski definition) is 2. The van der Waals surface area contributed by atoms with Crippen molar-refractivity contribution in [2.24, 2.45) is 0 Å². The molecule has 0 radical (unpaired) electrons. The van der Waals surface area contributed by atoms with Crippen molar-refractivity contribution < 1.29 is 9.90 Å². The van der Waals surface area contributed by atoms with E-state index < -0.39 is 5.97 Å². The minimum atomic E-state index is -0.847. The second-order valence-electron chi connectivity index (χ2n) is 3.75. The van der Waals surface area contributed by atoms with E-state index in [-0.39, 0.29) is 12.0 Å². The highest BCUT2D eigenvalue weighted by atomic mass is 32.1. The van der Waals surface area contributed by atoms with E-state index in [0.717, 1.165) is 0 Å². The van der Waals surface area contributed by atoms with Gasteiger partial charge in [-0.1, -0.05) is 11.3 Å². The van der Waals surface area contributed by atoms with Crippen LogP contribution in [0.2, 0.25) is 0 Å². The number of carboxylic acids is 1. The Kier molecular flexibility index (Phi) is 3.68. The number of carboxylic acid groups (broad SMARTS) is 1. The Morgan fingerprint density at radius 3 is 3.11 bits per heavy atom. The van der Waals surface area contributed by atoms with Crippen LogP contribution in [0.15, 0.2) is 10.9 Å². The number of carbonyl (C=O) groups is 1. The van der Waals surface area contributed by atoms with Crippen LogP contribution < -0.4 is 10.9 Å². The molecule has 2 heterocycles. The van der Waals surface area contributed by atoms with Crippen LogP contribution >= 0.6 is 11.3 Å². The Labute approximate surface area is 106 Å². The molecule has 96 valence electrons. The van der Waals surface area contributed by atoms with Crippen molar-refractivity contribution in [1.82, 2.24) is 19.9 Å². The molecule has 18 heavy (non-hydrogen) atoms. The van der Waals surface area contributed by atoms with E-state index in [2.05, 4.69) is 15.4 Å². The lowest BCUT2D eigenvalue weighted by atomic mass is 10.4. The first-order valence-electron chi connectivity index (χ1n) is 5.35. The topological polar surface area (TPSA) is 96.6 Å². The molecule has 8 heteroatoms. The third-order valence-electron chi connectivity index (χ3n) is 2.21. The van der Waals surface area contributed by atoms with Gasteiger partial charge < -0.3 is 10.4 Å². The van der Waals surface area contributed by atoms with Gasteiger partial charge in [0.2, 0.25) is 4.96 Å². The smallest absolute Gasteiger partial charge is 0.304 e. The molecule has 0 aromatic carbocycles. The van der Waals surface area contributed by atoms with E-state index in [4.69, 9.17) is 5.11 Å². The summed E-state index contributed by atoms with van der Waals surface area (Å²) in [5.41, 5.74) is 0.458. The summed E-state index contributed by atoms with van der Waals surface area (Å²) in [6, 6.07) is 1.42. The zero-order chi connectivity index (χ0) is 13.1. The second kappa shape index (κ2) is 5.23. The first-order chi connectivity index (χ1) is 8.56. The van der Waals surface area contributed by atoms with Crippen LogP contribution in [0.3, 0.4) is 0 Å². The summed E-state index contributed by atoms with van der Waals surface area (Å²) in [6.45, 7) is 2.55. The number of fused-ring (bicyclic) bond motifs is 1. The van der Waals surface area contributed by atoms with E-state index in [9.17, 15) is 9.59 Å². The molecule has 0 saturated carbocycles. The first-order valence-corrected chi connectivity index (χ1v) is 6.17. The lowest BCUT2D eigenvalue weighted by Crippen LogP contribution is -2.18. The zero-order valence-corrected chi connectivity index (χ0v) is 10.5. The minimum absolute atomic E-state index is 0.0577. The lowest BCUT2D eigenvalue weighted by Gasteiger charge is -1.97. The Hall–Kier alpha value is -1.80. The third kappa shape index (κ3) is 2.90. The summed E-state index contributed by atoms with van der Waals surface area (Å²) in [5.74, 6) is -0.847. The number of nitrogens with zero attached hydrogens (tertiary/aromatic N) is 3. The fraction of sp³-hybridized carbons (Fsp3) is 0.400. The van der Waals surface area contributed by atoms with Crippen molar-refractivity contribution in [1.29, 1.82) is 0 Å². The van der Waals surface area contributed by atoms with E-state index in [1.54, 1.807) is 6.92 Å². The second-order valence-corrected chi connectivity index (χ2v) is 4.79. The van der Waals surface area contributed by atoms with Gasteiger partial charge in [-0.05, 0) is 6.92 Å². The Bertz CT molecular complexity index is 634. The van der Waals surface area contributed by atoms with E-state index in [1.165, 1.54) is 21.9 Å². The Morgan fingerprint density at radius 1 is 1.61 bits per heavy atom. The highest BCUT2D eigenvalue weighted by molar-refractivity contribution is 7.16. The Morgan fingerprint density at radius 2 is 2.39 bits per heavy atom. The average Bonchev–Trinajstić information content (AvgIpc) is 2.67. The van der Waals surface area contributed by atoms with Crippen LogP contribution in [0.4, 0.5) is 0 Å². The van der Waals surface area contributed by atoms with Gasteiger partial charge in [-0.2, -0.15) is 9.61 Å². The van der Waals surface area contributed by atoms with Gasteiger partial charge in [0, 0.05) is 24.8 Å². The Balaban J connectivity index is 2.08. The van der Waals surface area contributed by atoms with Gasteiger partial charge in [0.05, 0.1) is 6.42 Å². The zero-order valence-electron chi connectivity index (χ0n) is 9.71. The van der Waals surface area contributed by atoms with Crippen LogP contribution in [0.1, 0.15) is 17.1 Å². The lowest BCUT2D eigenvalue weighted by molar-refractivity contribution is -0.136. The molecule has 0 spiro atoms. The van der Waals surface area contributed by atoms with E-state index in [0.29, 0.717) is 28.8 Å². The number of aryl methyl sites for hydroxylation is 1. The SMILES string of the molecule is Cc1cc(=O)n2nc(CNCCC(=O)O)sc2n1. The molecule has 2 aromatic heterocycles. The molecule has 0 aliphatic heterocycles. The number of aromatic nitrogens is 3. The van der Waals surface area contributed by atoms with Crippen LogP contribution in [-0.4, -0.2) is 32.2 Å². The number of nitrogens with one attached hydrogen (secondary N) is 1. The highest BCUT2D eigenvalue weighted by Crippen LogP contribution is 2.10. The maximum absolute atomic E-state index is 11.6. The molecule has 0 amide bonds. The van der Waals surface area contributed by atoms with Gasteiger partial charge >= 0.3 is 5.97 Å². The van der Waals surface area contributed by atoms with E-state index >= 15 is 0 Å². The number of aliphatic carboxylic acids is 1. The molecule has 0 unspecified atom stereocenters.